The summed E-state index contributed by atoms with van der Waals surface area (Å²) >= 11 is 7.18. The van der Waals surface area contributed by atoms with Crippen molar-refractivity contribution in [3.63, 3.8) is 0 Å². The van der Waals surface area contributed by atoms with Crippen molar-refractivity contribution in [3.05, 3.63) is 102 Å². The molecular weight excluding hydrogens is 458 g/mol. The van der Waals surface area contributed by atoms with E-state index >= 15 is 0 Å². The Labute approximate surface area is 200 Å². The molecule has 0 aliphatic rings. The molecular formula is C25H24ClN3O3S. The highest BCUT2D eigenvalue weighted by molar-refractivity contribution is 7.17. The molecule has 0 fully saturated rings. The number of aryl methyl sites for hydroxylation is 2. The third-order valence-electron chi connectivity index (χ3n) is 5.70. The number of carbonyl (C=O) groups excluding carboxylic acids is 1. The van der Waals surface area contributed by atoms with Gasteiger partial charge in [0.15, 0.2) is 0 Å². The maximum absolute atomic E-state index is 13.3. The number of nitrogens with one attached hydrogen (secondary N) is 1. The number of rotatable bonds is 7. The predicted octanol–water partition coefficient (Wildman–Crippen LogP) is 3.90. The number of nitrogens with zero attached hydrogens (tertiary/aromatic N) is 2. The largest absolute Gasteiger partial charge is 0.354 e. The van der Waals surface area contributed by atoms with Crippen molar-refractivity contribution in [1.82, 2.24) is 14.5 Å². The van der Waals surface area contributed by atoms with E-state index in [0.29, 0.717) is 28.2 Å². The first-order chi connectivity index (χ1) is 15.8. The van der Waals surface area contributed by atoms with Gasteiger partial charge >= 0.3 is 5.69 Å². The Kier molecular flexibility index (Phi) is 6.81. The zero-order valence-electron chi connectivity index (χ0n) is 18.4. The molecule has 0 bridgehead atoms. The zero-order valence-corrected chi connectivity index (χ0v) is 20.0. The van der Waals surface area contributed by atoms with Crippen LogP contribution in [0.2, 0.25) is 5.02 Å². The van der Waals surface area contributed by atoms with Gasteiger partial charge in [0.1, 0.15) is 11.2 Å². The fourth-order valence-electron chi connectivity index (χ4n) is 3.71. The molecule has 4 aromatic rings. The van der Waals surface area contributed by atoms with Crippen LogP contribution in [0.5, 0.6) is 0 Å². The van der Waals surface area contributed by atoms with Gasteiger partial charge in [0.05, 0.1) is 12.1 Å². The van der Waals surface area contributed by atoms with Crippen LogP contribution >= 0.6 is 22.9 Å². The number of hydrogen-bond acceptors (Lipinski definition) is 4. The average Bonchev–Trinajstić information content (AvgIpc) is 3.28. The summed E-state index contributed by atoms with van der Waals surface area (Å²) in [6, 6.07) is 15.0. The number of benzene rings is 2. The van der Waals surface area contributed by atoms with Crippen molar-refractivity contribution in [1.29, 1.82) is 0 Å². The van der Waals surface area contributed by atoms with Gasteiger partial charge < -0.3 is 5.32 Å². The van der Waals surface area contributed by atoms with Crippen molar-refractivity contribution in [3.8, 4) is 0 Å². The standard InChI is InChI=1S/C25H24ClN3O3S/c1-16-3-4-19(13-17(16)2)14-29-24(31)23-21(10-12-33-23)28(25(29)32)15-22(30)27-11-9-18-5-7-20(26)8-6-18/h3-8,10,12-13H,9,11,14-15H2,1-2H3,(H,27,30). The lowest BCUT2D eigenvalue weighted by Crippen LogP contribution is -2.42. The Morgan fingerprint density at radius 1 is 0.970 bits per heavy atom. The smallest absolute Gasteiger partial charge is 0.332 e. The number of hydrogen-bond donors (Lipinski definition) is 1. The number of halogens is 1. The first-order valence-corrected chi connectivity index (χ1v) is 11.9. The predicted molar refractivity (Wildman–Crippen MR) is 134 cm³/mol. The summed E-state index contributed by atoms with van der Waals surface area (Å²) in [4.78, 5) is 38.9. The van der Waals surface area contributed by atoms with E-state index in [1.165, 1.54) is 20.5 Å². The first-order valence-electron chi connectivity index (χ1n) is 10.6. The van der Waals surface area contributed by atoms with Gasteiger partial charge in [-0.2, -0.15) is 0 Å². The molecule has 0 spiro atoms. The van der Waals surface area contributed by atoms with Gasteiger partial charge in [0, 0.05) is 11.6 Å². The van der Waals surface area contributed by atoms with E-state index < -0.39 is 5.69 Å². The van der Waals surface area contributed by atoms with Crippen molar-refractivity contribution < 1.29 is 4.79 Å². The van der Waals surface area contributed by atoms with Crippen LogP contribution in [0.1, 0.15) is 22.3 Å². The quantitative estimate of drug-likeness (QED) is 0.435. The third kappa shape index (κ3) is 5.10. The van der Waals surface area contributed by atoms with Gasteiger partial charge in [0.2, 0.25) is 5.91 Å². The normalized spacial score (nSPS) is 11.1. The molecule has 170 valence electrons. The summed E-state index contributed by atoms with van der Waals surface area (Å²) in [5, 5.41) is 5.29. The lowest BCUT2D eigenvalue weighted by atomic mass is 10.1. The first kappa shape index (κ1) is 23.0. The molecule has 0 aliphatic heterocycles. The highest BCUT2D eigenvalue weighted by Gasteiger charge is 2.17. The van der Waals surface area contributed by atoms with Gasteiger partial charge in [-0.15, -0.1) is 11.3 Å². The lowest BCUT2D eigenvalue weighted by molar-refractivity contribution is -0.121. The van der Waals surface area contributed by atoms with Crippen LogP contribution in [-0.2, 0) is 24.3 Å². The molecule has 0 atom stereocenters. The minimum absolute atomic E-state index is 0.153. The van der Waals surface area contributed by atoms with Crippen LogP contribution < -0.4 is 16.6 Å². The maximum Gasteiger partial charge on any atom is 0.332 e. The van der Waals surface area contributed by atoms with Crippen LogP contribution in [-0.4, -0.2) is 21.6 Å². The van der Waals surface area contributed by atoms with Gasteiger partial charge in [0.25, 0.3) is 5.56 Å². The van der Waals surface area contributed by atoms with Crippen molar-refractivity contribution in [2.45, 2.75) is 33.4 Å². The topological polar surface area (TPSA) is 73.1 Å². The molecule has 1 N–H and O–H groups in total. The van der Waals surface area contributed by atoms with E-state index in [-0.39, 0.29) is 24.6 Å². The molecule has 2 aromatic heterocycles. The number of amides is 1. The Morgan fingerprint density at radius 3 is 2.42 bits per heavy atom. The van der Waals surface area contributed by atoms with E-state index in [2.05, 4.69) is 5.32 Å². The Balaban J connectivity index is 1.56. The number of carbonyl (C=O) groups is 1. The van der Waals surface area contributed by atoms with Gasteiger partial charge in [-0.3, -0.25) is 18.7 Å². The minimum Gasteiger partial charge on any atom is -0.354 e. The summed E-state index contributed by atoms with van der Waals surface area (Å²) in [5.74, 6) is -0.282. The molecule has 4 rings (SSSR count). The molecule has 8 heteroatoms. The lowest BCUT2D eigenvalue weighted by Gasteiger charge is -2.13. The summed E-state index contributed by atoms with van der Waals surface area (Å²) in [6.45, 7) is 4.45. The summed E-state index contributed by atoms with van der Waals surface area (Å²) in [6.07, 6.45) is 0.651. The van der Waals surface area contributed by atoms with Crippen molar-refractivity contribution in [2.75, 3.05) is 6.54 Å². The molecule has 0 radical (unpaired) electrons. The molecule has 0 unspecified atom stereocenters. The van der Waals surface area contributed by atoms with Gasteiger partial charge in [-0.05, 0) is 66.1 Å². The van der Waals surface area contributed by atoms with Gasteiger partial charge in [-0.1, -0.05) is 41.9 Å². The highest BCUT2D eigenvalue weighted by atomic mass is 35.5. The molecule has 0 saturated heterocycles. The highest BCUT2D eigenvalue weighted by Crippen LogP contribution is 2.16. The van der Waals surface area contributed by atoms with Crippen LogP contribution in [0.15, 0.2) is 63.5 Å². The van der Waals surface area contributed by atoms with E-state index in [9.17, 15) is 14.4 Å². The SMILES string of the molecule is Cc1ccc(Cn2c(=O)c3sccc3n(CC(=O)NCCc3ccc(Cl)cc3)c2=O)cc1C. The summed E-state index contributed by atoms with van der Waals surface area (Å²) in [7, 11) is 0. The molecule has 1 amide bonds. The van der Waals surface area contributed by atoms with Crippen molar-refractivity contribution >= 4 is 39.1 Å². The van der Waals surface area contributed by atoms with E-state index in [1.807, 2.05) is 56.3 Å². The third-order valence-corrected chi connectivity index (χ3v) is 6.84. The Hall–Kier alpha value is -3.16. The van der Waals surface area contributed by atoms with E-state index in [0.717, 1.165) is 22.3 Å². The second kappa shape index (κ2) is 9.77. The number of fused-ring (bicyclic) bond motifs is 1. The molecule has 0 saturated carbocycles. The molecule has 6 nitrogen and oxygen atoms in total. The Morgan fingerprint density at radius 2 is 1.70 bits per heavy atom. The molecule has 33 heavy (non-hydrogen) atoms. The fraction of sp³-hybridized carbons (Fsp3) is 0.240. The summed E-state index contributed by atoms with van der Waals surface area (Å²) < 4.78 is 3.06. The van der Waals surface area contributed by atoms with E-state index in [1.54, 1.807) is 11.4 Å². The maximum atomic E-state index is 13.3. The van der Waals surface area contributed by atoms with Crippen LogP contribution in [0.3, 0.4) is 0 Å². The fourth-order valence-corrected chi connectivity index (χ4v) is 4.68. The second-order valence-corrected chi connectivity index (χ2v) is 9.39. The zero-order chi connectivity index (χ0) is 23.5. The Bertz CT molecular complexity index is 1430. The van der Waals surface area contributed by atoms with Crippen molar-refractivity contribution in [2.24, 2.45) is 0 Å². The van der Waals surface area contributed by atoms with E-state index in [4.69, 9.17) is 11.6 Å². The molecule has 2 heterocycles. The second-order valence-electron chi connectivity index (χ2n) is 8.04. The van der Waals surface area contributed by atoms with Crippen LogP contribution in [0.4, 0.5) is 0 Å². The van der Waals surface area contributed by atoms with Crippen LogP contribution in [0.25, 0.3) is 10.2 Å². The monoisotopic (exact) mass is 481 g/mol. The van der Waals surface area contributed by atoms with Crippen LogP contribution in [0, 0.1) is 13.8 Å². The molecule has 2 aromatic carbocycles. The number of thiophene rings is 1. The minimum atomic E-state index is -0.489. The number of aromatic nitrogens is 2. The summed E-state index contributed by atoms with van der Waals surface area (Å²) in [5.41, 5.74) is 3.83. The average molecular weight is 482 g/mol. The molecule has 0 aliphatic carbocycles. The van der Waals surface area contributed by atoms with Gasteiger partial charge in [-0.25, -0.2) is 4.79 Å².